The molecular weight excluding hydrogens is 368 g/mol. The van der Waals surface area contributed by atoms with Crippen LogP contribution in [0, 0.1) is 0 Å². The van der Waals surface area contributed by atoms with Gasteiger partial charge in [-0.15, -0.1) is 11.6 Å². The first-order valence-electron chi connectivity index (χ1n) is 9.97. The molecule has 0 saturated carbocycles. The molecular formula is C23H37ClSi2. The zero-order valence-corrected chi connectivity index (χ0v) is 20.3. The van der Waals surface area contributed by atoms with Gasteiger partial charge in [-0.3, -0.25) is 0 Å². The van der Waals surface area contributed by atoms with Gasteiger partial charge in [-0.1, -0.05) is 136 Å². The second-order valence-corrected chi connectivity index (χ2v) is 19.2. The number of halogens is 1. The van der Waals surface area contributed by atoms with Gasteiger partial charge in [0.1, 0.15) is 0 Å². The maximum Gasteiger partial charge on any atom is 0.0993 e. The van der Waals surface area contributed by atoms with Crippen LogP contribution < -0.4 is 10.4 Å². The van der Waals surface area contributed by atoms with Crippen molar-refractivity contribution in [1.29, 1.82) is 0 Å². The summed E-state index contributed by atoms with van der Waals surface area (Å²) in [6.45, 7) is 14.0. The summed E-state index contributed by atoms with van der Waals surface area (Å²) < 4.78 is 0. The Morgan fingerprint density at radius 1 is 0.769 bits per heavy atom. The van der Waals surface area contributed by atoms with Crippen LogP contribution in [0.4, 0.5) is 0 Å². The largest absolute Gasteiger partial charge is 0.126 e. The Balaban J connectivity index is 0.000000263. The molecule has 0 saturated heterocycles. The molecule has 0 heterocycles. The topological polar surface area (TPSA) is 0 Å². The van der Waals surface area contributed by atoms with Crippen molar-refractivity contribution >= 4 is 38.1 Å². The van der Waals surface area contributed by atoms with E-state index in [-0.39, 0.29) is 0 Å². The maximum absolute atomic E-state index is 6.17. The van der Waals surface area contributed by atoms with Gasteiger partial charge in [0.05, 0.1) is 16.1 Å². The molecule has 0 amide bonds. The molecule has 26 heavy (non-hydrogen) atoms. The van der Waals surface area contributed by atoms with Crippen molar-refractivity contribution in [2.75, 3.05) is 0 Å². The number of rotatable bonds is 7. The van der Waals surface area contributed by atoms with Crippen molar-refractivity contribution in [1.82, 2.24) is 0 Å². The van der Waals surface area contributed by atoms with Crippen molar-refractivity contribution in [3.63, 3.8) is 0 Å². The molecule has 0 radical (unpaired) electrons. The van der Waals surface area contributed by atoms with Crippen LogP contribution >= 0.6 is 11.6 Å². The number of alkyl halides is 1. The van der Waals surface area contributed by atoms with E-state index >= 15 is 0 Å². The minimum atomic E-state index is -1.39. The Morgan fingerprint density at radius 3 is 1.65 bits per heavy atom. The Morgan fingerprint density at radius 2 is 1.23 bits per heavy atom. The van der Waals surface area contributed by atoms with Crippen LogP contribution in [0.15, 0.2) is 60.7 Å². The van der Waals surface area contributed by atoms with Gasteiger partial charge < -0.3 is 0 Å². The van der Waals surface area contributed by atoms with Crippen molar-refractivity contribution in [3.05, 3.63) is 60.7 Å². The fourth-order valence-electron chi connectivity index (χ4n) is 2.95. The minimum absolute atomic E-state index is 0.292. The molecule has 1 unspecified atom stereocenters. The number of hydrogen-bond acceptors (Lipinski definition) is 0. The van der Waals surface area contributed by atoms with E-state index in [0.29, 0.717) is 5.00 Å². The van der Waals surface area contributed by atoms with Crippen LogP contribution in [0.5, 0.6) is 0 Å². The standard InChI is InChI=1S/C13H22Si.C10H15ClSi/c1-4-5-9-12-14(2,3)13-10-7-6-8-11-13;1-9(11)12(2,3)10-7-5-4-6-8-10/h6-8,10-11H,4-5,9,12H2,1-3H3;4-9H,1-3H3. The highest BCUT2D eigenvalue weighted by molar-refractivity contribution is 6.95. The first-order valence-corrected chi connectivity index (χ1v) is 16.7. The lowest BCUT2D eigenvalue weighted by Gasteiger charge is -2.25. The third-order valence-corrected chi connectivity index (χ3v) is 14.4. The average Bonchev–Trinajstić information content (AvgIpc) is 2.64. The van der Waals surface area contributed by atoms with Gasteiger partial charge in [-0.25, -0.2) is 0 Å². The van der Waals surface area contributed by atoms with Crippen molar-refractivity contribution in [3.8, 4) is 0 Å². The highest BCUT2D eigenvalue weighted by Gasteiger charge is 2.28. The Bertz CT molecular complexity index is 607. The van der Waals surface area contributed by atoms with Crippen LogP contribution in [-0.4, -0.2) is 21.1 Å². The normalized spacial score (nSPS) is 12.9. The molecule has 1 atom stereocenters. The molecule has 0 fully saturated rings. The van der Waals surface area contributed by atoms with Crippen LogP contribution in [0.1, 0.15) is 33.1 Å². The van der Waals surface area contributed by atoms with Gasteiger partial charge in [-0.05, 0) is 0 Å². The quantitative estimate of drug-likeness (QED) is 0.278. The first kappa shape index (κ1) is 23.2. The van der Waals surface area contributed by atoms with Gasteiger partial charge in [0.25, 0.3) is 0 Å². The van der Waals surface area contributed by atoms with Crippen molar-refractivity contribution in [2.45, 2.75) is 70.3 Å². The predicted molar refractivity (Wildman–Crippen MR) is 127 cm³/mol. The van der Waals surface area contributed by atoms with Gasteiger partial charge in [0.2, 0.25) is 0 Å². The third kappa shape index (κ3) is 7.42. The number of benzene rings is 2. The number of unbranched alkanes of at least 4 members (excludes halogenated alkanes) is 2. The summed E-state index contributed by atoms with van der Waals surface area (Å²) in [5.41, 5.74) is 0. The Kier molecular flexibility index (Phi) is 9.91. The molecule has 144 valence electrons. The van der Waals surface area contributed by atoms with Gasteiger partial charge in [0.15, 0.2) is 0 Å². The van der Waals surface area contributed by atoms with Crippen LogP contribution in [-0.2, 0) is 0 Å². The molecule has 0 aliphatic heterocycles. The van der Waals surface area contributed by atoms with E-state index in [9.17, 15) is 0 Å². The van der Waals surface area contributed by atoms with E-state index in [1.54, 1.807) is 5.19 Å². The highest BCUT2D eigenvalue weighted by Crippen LogP contribution is 2.15. The van der Waals surface area contributed by atoms with Crippen LogP contribution in [0.3, 0.4) is 0 Å². The van der Waals surface area contributed by atoms with Gasteiger partial charge >= 0.3 is 0 Å². The predicted octanol–water partition coefficient (Wildman–Crippen LogP) is 6.56. The van der Waals surface area contributed by atoms with Gasteiger partial charge in [0, 0.05) is 5.00 Å². The lowest BCUT2D eigenvalue weighted by atomic mass is 10.3. The summed E-state index contributed by atoms with van der Waals surface area (Å²) in [4.78, 5) is 0. The van der Waals surface area contributed by atoms with Crippen LogP contribution in [0.2, 0.25) is 32.2 Å². The summed E-state index contributed by atoms with van der Waals surface area (Å²) in [6, 6.07) is 23.1. The maximum atomic E-state index is 6.17. The minimum Gasteiger partial charge on any atom is -0.126 e. The SMILES string of the molecule is CC(Cl)[Si](C)(C)c1ccccc1.CCCCC[Si](C)(C)c1ccccc1. The average molecular weight is 405 g/mol. The summed E-state index contributed by atoms with van der Waals surface area (Å²) in [5.74, 6) is 0. The lowest BCUT2D eigenvalue weighted by Crippen LogP contribution is -2.48. The van der Waals surface area contributed by atoms with E-state index in [0.717, 1.165) is 0 Å². The Hall–Kier alpha value is -0.836. The first-order chi connectivity index (χ1) is 12.2. The molecule has 0 aromatic heterocycles. The molecule has 0 nitrogen and oxygen atoms in total. The molecule has 0 spiro atoms. The second-order valence-electron chi connectivity index (χ2n) is 8.41. The number of hydrogen-bond donors (Lipinski definition) is 0. The molecule has 2 rings (SSSR count). The molecule has 3 heteroatoms. The fraction of sp³-hybridized carbons (Fsp3) is 0.478. The summed E-state index contributed by atoms with van der Waals surface area (Å²) in [7, 11) is -2.51. The monoisotopic (exact) mass is 404 g/mol. The second kappa shape index (κ2) is 11.1. The van der Waals surface area contributed by atoms with E-state index in [4.69, 9.17) is 11.6 Å². The molecule has 0 N–H and O–H groups in total. The molecule has 2 aromatic rings. The third-order valence-electron chi connectivity index (χ3n) is 5.47. The molecule has 0 bridgehead atoms. The fourth-order valence-corrected chi connectivity index (χ4v) is 7.35. The van der Waals surface area contributed by atoms with Gasteiger partial charge in [-0.2, -0.15) is 0 Å². The van der Waals surface area contributed by atoms with Crippen molar-refractivity contribution < 1.29 is 0 Å². The summed E-state index contributed by atoms with van der Waals surface area (Å²) in [5, 5.41) is 3.34. The van der Waals surface area contributed by atoms with Crippen molar-refractivity contribution in [2.24, 2.45) is 0 Å². The zero-order valence-electron chi connectivity index (χ0n) is 17.6. The Labute approximate surface area is 169 Å². The molecule has 0 aliphatic carbocycles. The van der Waals surface area contributed by atoms with E-state index in [1.807, 2.05) is 6.07 Å². The molecule has 0 aliphatic rings. The molecule has 2 aromatic carbocycles. The summed E-state index contributed by atoms with van der Waals surface area (Å²) in [6.07, 6.45) is 4.13. The van der Waals surface area contributed by atoms with E-state index in [1.165, 1.54) is 30.5 Å². The summed E-state index contributed by atoms with van der Waals surface area (Å²) >= 11 is 6.17. The van der Waals surface area contributed by atoms with E-state index in [2.05, 4.69) is 94.6 Å². The van der Waals surface area contributed by atoms with Crippen LogP contribution in [0.25, 0.3) is 0 Å². The highest BCUT2D eigenvalue weighted by atomic mass is 35.5. The smallest absolute Gasteiger partial charge is 0.0993 e. The zero-order chi connectivity index (χ0) is 19.6. The van der Waals surface area contributed by atoms with E-state index < -0.39 is 16.1 Å². The lowest BCUT2D eigenvalue weighted by molar-refractivity contribution is 0.764.